The molecule has 0 saturated carbocycles. The Labute approximate surface area is 155 Å². The maximum absolute atomic E-state index is 10.0. The summed E-state index contributed by atoms with van der Waals surface area (Å²) >= 11 is 12.0. The molecule has 1 aromatic carbocycles. The quantitative estimate of drug-likeness (QED) is 0.630. The highest BCUT2D eigenvalue weighted by molar-refractivity contribution is 6.30. The van der Waals surface area contributed by atoms with E-state index in [1.165, 1.54) is 0 Å². The highest BCUT2D eigenvalue weighted by atomic mass is 35.5. The number of benzene rings is 1. The van der Waals surface area contributed by atoms with Crippen LogP contribution in [0, 0.1) is 0 Å². The first-order valence-electron chi connectivity index (χ1n) is 7.82. The molecule has 3 rings (SSSR count). The van der Waals surface area contributed by atoms with Gasteiger partial charge in [0.05, 0.1) is 12.6 Å². The largest absolute Gasteiger partial charge is 0.391 e. The summed E-state index contributed by atoms with van der Waals surface area (Å²) in [6, 6.07) is 10.8. The zero-order valence-corrected chi connectivity index (χ0v) is 15.0. The minimum atomic E-state index is -0.517. The van der Waals surface area contributed by atoms with Crippen molar-refractivity contribution in [3.05, 3.63) is 52.8 Å². The fourth-order valence-electron chi connectivity index (χ4n) is 2.30. The first kappa shape index (κ1) is 17.7. The number of pyridine rings is 1. The third-order valence-corrected chi connectivity index (χ3v) is 4.03. The number of rotatable bonds is 6. The molecule has 0 spiro atoms. The highest BCUT2D eigenvalue weighted by Crippen LogP contribution is 2.24. The molecular formula is C17H17Cl2N5O. The van der Waals surface area contributed by atoms with Crippen molar-refractivity contribution in [2.45, 2.75) is 26.0 Å². The first-order valence-corrected chi connectivity index (χ1v) is 8.58. The number of aromatic nitrogens is 4. The minimum Gasteiger partial charge on any atom is -0.391 e. The number of aliphatic hydroxyl groups is 1. The summed E-state index contributed by atoms with van der Waals surface area (Å²) in [6.45, 7) is 2.24. The van der Waals surface area contributed by atoms with Gasteiger partial charge in [0.25, 0.3) is 0 Å². The minimum absolute atomic E-state index is 0.329. The molecule has 2 N–H and O–H groups in total. The molecule has 2 heterocycles. The van der Waals surface area contributed by atoms with E-state index in [2.05, 4.69) is 20.4 Å². The number of hydrogen-bond acceptors (Lipinski definition) is 5. The molecule has 130 valence electrons. The monoisotopic (exact) mass is 377 g/mol. The predicted molar refractivity (Wildman–Crippen MR) is 99.3 cm³/mol. The molecule has 8 heteroatoms. The highest BCUT2D eigenvalue weighted by Gasteiger charge is 2.15. The van der Waals surface area contributed by atoms with E-state index in [1.54, 1.807) is 35.1 Å². The van der Waals surface area contributed by atoms with Crippen molar-refractivity contribution in [3.8, 4) is 11.4 Å². The second-order valence-electron chi connectivity index (χ2n) is 5.51. The van der Waals surface area contributed by atoms with Crippen LogP contribution in [-0.2, 0) is 6.54 Å². The molecule has 0 aliphatic carbocycles. The Hall–Kier alpha value is -2.15. The van der Waals surface area contributed by atoms with Crippen LogP contribution in [0.15, 0.2) is 42.6 Å². The van der Waals surface area contributed by atoms with Gasteiger partial charge in [-0.25, -0.2) is 9.67 Å². The molecule has 0 bridgehead atoms. The lowest BCUT2D eigenvalue weighted by molar-refractivity contribution is 0.146. The number of aliphatic hydroxyl groups excluding tert-OH is 1. The van der Waals surface area contributed by atoms with E-state index in [9.17, 15) is 5.11 Å². The molecule has 2 aromatic heterocycles. The summed E-state index contributed by atoms with van der Waals surface area (Å²) in [5.74, 6) is 1.01. The van der Waals surface area contributed by atoms with Crippen molar-refractivity contribution in [1.29, 1.82) is 0 Å². The standard InChI is InChI=1S/C17H17Cl2N5O/c1-2-14(25)10-24-16(11-6-7-20-15(19)8-11)22-17(23-24)21-13-5-3-4-12(18)9-13/h3-9,14,25H,2,10H2,1H3,(H,21,23). The van der Waals surface area contributed by atoms with Gasteiger partial charge in [-0.05, 0) is 36.8 Å². The molecule has 3 aromatic rings. The molecule has 0 amide bonds. The summed E-state index contributed by atoms with van der Waals surface area (Å²) in [5.41, 5.74) is 1.55. The van der Waals surface area contributed by atoms with Crippen molar-refractivity contribution >= 4 is 34.8 Å². The maximum atomic E-state index is 10.0. The molecule has 0 fully saturated rings. The fourth-order valence-corrected chi connectivity index (χ4v) is 2.67. The summed E-state index contributed by atoms with van der Waals surface area (Å²) in [6.07, 6.45) is 1.71. The number of nitrogens with zero attached hydrogens (tertiary/aromatic N) is 4. The Morgan fingerprint density at radius 3 is 2.80 bits per heavy atom. The summed E-state index contributed by atoms with van der Waals surface area (Å²) in [5, 5.41) is 18.6. The molecule has 1 unspecified atom stereocenters. The molecule has 0 radical (unpaired) electrons. The lowest BCUT2D eigenvalue weighted by atomic mass is 10.2. The lowest BCUT2D eigenvalue weighted by Gasteiger charge is -2.10. The van der Waals surface area contributed by atoms with E-state index >= 15 is 0 Å². The maximum Gasteiger partial charge on any atom is 0.247 e. The van der Waals surface area contributed by atoms with E-state index in [0.29, 0.717) is 34.9 Å². The molecule has 0 saturated heterocycles. The van der Waals surface area contributed by atoms with Gasteiger partial charge >= 0.3 is 0 Å². The molecule has 25 heavy (non-hydrogen) atoms. The van der Waals surface area contributed by atoms with Crippen LogP contribution in [-0.4, -0.2) is 31.0 Å². The van der Waals surface area contributed by atoms with Crippen LogP contribution in [0.1, 0.15) is 13.3 Å². The summed E-state index contributed by atoms with van der Waals surface area (Å²) in [4.78, 5) is 8.52. The van der Waals surface area contributed by atoms with Crippen LogP contribution < -0.4 is 5.32 Å². The number of halogens is 2. The molecule has 0 aliphatic rings. The van der Waals surface area contributed by atoms with E-state index in [-0.39, 0.29) is 0 Å². The topological polar surface area (TPSA) is 75.9 Å². The van der Waals surface area contributed by atoms with Gasteiger partial charge in [0.1, 0.15) is 5.15 Å². The average molecular weight is 378 g/mol. The van der Waals surface area contributed by atoms with Crippen molar-refractivity contribution < 1.29 is 5.11 Å². The Morgan fingerprint density at radius 2 is 2.08 bits per heavy atom. The summed E-state index contributed by atoms with van der Waals surface area (Å²) < 4.78 is 1.66. The predicted octanol–water partition coefficient (Wildman–Crippen LogP) is 4.16. The van der Waals surface area contributed by atoms with Crippen LogP contribution in [0.2, 0.25) is 10.2 Å². The van der Waals surface area contributed by atoms with Crippen LogP contribution in [0.25, 0.3) is 11.4 Å². The SMILES string of the molecule is CCC(O)Cn1nc(Nc2cccc(Cl)c2)nc1-c1ccnc(Cl)c1. The third kappa shape index (κ3) is 4.48. The lowest BCUT2D eigenvalue weighted by Crippen LogP contribution is -2.16. The zero-order valence-electron chi connectivity index (χ0n) is 13.5. The zero-order chi connectivity index (χ0) is 17.8. The Bertz CT molecular complexity index is 868. The van der Waals surface area contributed by atoms with Gasteiger partial charge < -0.3 is 10.4 Å². The van der Waals surface area contributed by atoms with E-state index in [4.69, 9.17) is 23.2 Å². The van der Waals surface area contributed by atoms with Gasteiger partial charge in [0.2, 0.25) is 5.95 Å². The fraction of sp³-hybridized carbons (Fsp3) is 0.235. The van der Waals surface area contributed by atoms with E-state index in [1.807, 2.05) is 19.1 Å². The van der Waals surface area contributed by atoms with Gasteiger partial charge in [0, 0.05) is 22.5 Å². The first-order chi connectivity index (χ1) is 12.0. The van der Waals surface area contributed by atoms with Crippen LogP contribution >= 0.6 is 23.2 Å². The number of hydrogen-bond donors (Lipinski definition) is 2. The van der Waals surface area contributed by atoms with Gasteiger partial charge in [0.15, 0.2) is 5.82 Å². The van der Waals surface area contributed by atoms with E-state index < -0.39 is 6.10 Å². The van der Waals surface area contributed by atoms with Crippen molar-refractivity contribution in [2.75, 3.05) is 5.32 Å². The third-order valence-electron chi connectivity index (χ3n) is 3.59. The van der Waals surface area contributed by atoms with E-state index in [0.717, 1.165) is 11.3 Å². The van der Waals surface area contributed by atoms with Crippen molar-refractivity contribution in [1.82, 2.24) is 19.7 Å². The Morgan fingerprint density at radius 1 is 1.24 bits per heavy atom. The van der Waals surface area contributed by atoms with Crippen molar-refractivity contribution in [3.63, 3.8) is 0 Å². The van der Waals surface area contributed by atoms with Crippen LogP contribution in [0.3, 0.4) is 0 Å². The van der Waals surface area contributed by atoms with Gasteiger partial charge in [-0.1, -0.05) is 36.2 Å². The van der Waals surface area contributed by atoms with Crippen LogP contribution in [0.4, 0.5) is 11.6 Å². The van der Waals surface area contributed by atoms with Gasteiger partial charge in [-0.3, -0.25) is 0 Å². The molecule has 0 aliphatic heterocycles. The van der Waals surface area contributed by atoms with Crippen LogP contribution in [0.5, 0.6) is 0 Å². The van der Waals surface area contributed by atoms with Gasteiger partial charge in [-0.15, -0.1) is 5.10 Å². The normalized spacial score (nSPS) is 12.2. The number of nitrogens with one attached hydrogen (secondary N) is 1. The second kappa shape index (κ2) is 7.82. The Kier molecular flexibility index (Phi) is 5.53. The van der Waals surface area contributed by atoms with Gasteiger partial charge in [-0.2, -0.15) is 4.98 Å². The molecule has 1 atom stereocenters. The number of anilines is 2. The Balaban J connectivity index is 1.96. The van der Waals surface area contributed by atoms with Crippen molar-refractivity contribution in [2.24, 2.45) is 0 Å². The smallest absolute Gasteiger partial charge is 0.247 e. The summed E-state index contributed by atoms with van der Waals surface area (Å²) in [7, 11) is 0. The molecule has 6 nitrogen and oxygen atoms in total. The molecular weight excluding hydrogens is 361 g/mol. The second-order valence-corrected chi connectivity index (χ2v) is 6.33. The average Bonchev–Trinajstić information content (AvgIpc) is 2.97.